The Morgan fingerprint density at radius 3 is 2.67 bits per heavy atom. The van der Waals surface area contributed by atoms with E-state index in [0.29, 0.717) is 0 Å². The minimum absolute atomic E-state index is 0.768. The van der Waals surface area contributed by atoms with Crippen LogP contribution in [-0.4, -0.2) is 33.6 Å². The fraction of sp³-hybridized carbons (Fsp3) is 0.769. The van der Waals surface area contributed by atoms with E-state index in [-0.39, 0.29) is 0 Å². The average molecular weight is 313 g/mol. The SMILES string of the molecule is CCc1nnc(N2CCC(CCBr)C2)nc1CC. The van der Waals surface area contributed by atoms with Crippen LogP contribution in [0.15, 0.2) is 0 Å². The second-order valence-corrected chi connectivity index (χ2v) is 5.58. The summed E-state index contributed by atoms with van der Waals surface area (Å²) in [5.74, 6) is 1.59. The summed E-state index contributed by atoms with van der Waals surface area (Å²) in [5.41, 5.74) is 2.14. The van der Waals surface area contributed by atoms with Gasteiger partial charge in [0.05, 0.1) is 11.4 Å². The Labute approximate surface area is 117 Å². The van der Waals surface area contributed by atoms with Crippen molar-refractivity contribution in [1.29, 1.82) is 0 Å². The number of nitrogens with zero attached hydrogens (tertiary/aromatic N) is 4. The van der Waals surface area contributed by atoms with E-state index in [1.807, 2.05) is 0 Å². The van der Waals surface area contributed by atoms with Crippen LogP contribution in [-0.2, 0) is 12.8 Å². The number of hydrogen-bond acceptors (Lipinski definition) is 4. The van der Waals surface area contributed by atoms with Gasteiger partial charge in [-0.2, -0.15) is 5.10 Å². The molecule has 1 aromatic rings. The maximum Gasteiger partial charge on any atom is 0.245 e. The van der Waals surface area contributed by atoms with E-state index in [1.54, 1.807) is 0 Å². The van der Waals surface area contributed by atoms with E-state index < -0.39 is 0 Å². The first-order valence-electron chi connectivity index (χ1n) is 6.81. The lowest BCUT2D eigenvalue weighted by Gasteiger charge is -2.16. The van der Waals surface area contributed by atoms with Crippen LogP contribution < -0.4 is 4.90 Å². The molecule has 0 saturated carbocycles. The maximum absolute atomic E-state index is 4.68. The largest absolute Gasteiger partial charge is 0.339 e. The number of aryl methyl sites for hydroxylation is 2. The molecule has 2 rings (SSSR count). The number of anilines is 1. The van der Waals surface area contributed by atoms with Crippen LogP contribution in [0.5, 0.6) is 0 Å². The predicted molar refractivity (Wildman–Crippen MR) is 77.3 cm³/mol. The van der Waals surface area contributed by atoms with Gasteiger partial charge >= 0.3 is 0 Å². The fourth-order valence-corrected chi connectivity index (χ4v) is 3.11. The molecule has 1 fully saturated rings. The van der Waals surface area contributed by atoms with Gasteiger partial charge in [0, 0.05) is 18.4 Å². The summed E-state index contributed by atoms with van der Waals surface area (Å²) in [6.07, 6.45) is 4.32. The Balaban J connectivity index is 2.10. The van der Waals surface area contributed by atoms with E-state index in [1.165, 1.54) is 12.8 Å². The molecule has 1 aromatic heterocycles. The molecule has 1 saturated heterocycles. The maximum atomic E-state index is 4.68. The fourth-order valence-electron chi connectivity index (χ4n) is 2.47. The highest BCUT2D eigenvalue weighted by Crippen LogP contribution is 2.23. The molecule has 0 aliphatic carbocycles. The number of hydrogen-bond donors (Lipinski definition) is 0. The van der Waals surface area contributed by atoms with Gasteiger partial charge in [0.25, 0.3) is 0 Å². The first kappa shape index (κ1) is 13.7. The highest BCUT2D eigenvalue weighted by molar-refractivity contribution is 9.09. The van der Waals surface area contributed by atoms with Crippen molar-refractivity contribution >= 4 is 21.9 Å². The zero-order valence-corrected chi connectivity index (χ0v) is 12.8. The molecule has 0 N–H and O–H groups in total. The van der Waals surface area contributed by atoms with Gasteiger partial charge in [-0.15, -0.1) is 5.10 Å². The van der Waals surface area contributed by atoms with Crippen molar-refractivity contribution < 1.29 is 0 Å². The van der Waals surface area contributed by atoms with Crippen molar-refractivity contribution in [3.63, 3.8) is 0 Å². The molecule has 4 nitrogen and oxygen atoms in total. The summed E-state index contributed by atoms with van der Waals surface area (Å²) in [4.78, 5) is 6.96. The van der Waals surface area contributed by atoms with Crippen LogP contribution in [0.2, 0.25) is 0 Å². The van der Waals surface area contributed by atoms with Crippen molar-refractivity contribution in [3.05, 3.63) is 11.4 Å². The summed E-state index contributed by atoms with van der Waals surface area (Å²) < 4.78 is 0. The highest BCUT2D eigenvalue weighted by Gasteiger charge is 2.24. The molecule has 100 valence electrons. The van der Waals surface area contributed by atoms with Crippen LogP contribution in [0.4, 0.5) is 5.95 Å². The molecule has 1 unspecified atom stereocenters. The Kier molecular flexibility index (Phi) is 4.92. The topological polar surface area (TPSA) is 41.9 Å². The summed E-state index contributed by atoms with van der Waals surface area (Å²) in [6, 6.07) is 0. The standard InChI is InChI=1S/C13H21BrN4/c1-3-11-12(4-2)16-17-13(15-11)18-8-6-10(9-18)5-7-14/h10H,3-9H2,1-2H3. The van der Waals surface area contributed by atoms with E-state index in [9.17, 15) is 0 Å². The minimum Gasteiger partial charge on any atom is -0.339 e. The van der Waals surface area contributed by atoms with E-state index >= 15 is 0 Å². The third-order valence-corrected chi connectivity index (χ3v) is 4.04. The number of aromatic nitrogens is 3. The summed E-state index contributed by atoms with van der Waals surface area (Å²) in [7, 11) is 0. The van der Waals surface area contributed by atoms with Crippen molar-refractivity contribution in [3.8, 4) is 0 Å². The number of rotatable bonds is 5. The third-order valence-electron chi connectivity index (χ3n) is 3.58. The van der Waals surface area contributed by atoms with Crippen molar-refractivity contribution in [2.75, 3.05) is 23.3 Å². The highest BCUT2D eigenvalue weighted by atomic mass is 79.9. The van der Waals surface area contributed by atoms with Crippen LogP contribution in [0.25, 0.3) is 0 Å². The lowest BCUT2D eigenvalue weighted by atomic mass is 10.1. The van der Waals surface area contributed by atoms with Crippen LogP contribution in [0.1, 0.15) is 38.1 Å². The van der Waals surface area contributed by atoms with Crippen LogP contribution in [0, 0.1) is 5.92 Å². The van der Waals surface area contributed by atoms with Crippen molar-refractivity contribution in [2.24, 2.45) is 5.92 Å². The third kappa shape index (κ3) is 2.99. The van der Waals surface area contributed by atoms with Crippen LogP contribution >= 0.6 is 15.9 Å². The summed E-state index contributed by atoms with van der Waals surface area (Å²) in [6.45, 7) is 6.37. The van der Waals surface area contributed by atoms with E-state index in [4.69, 9.17) is 0 Å². The van der Waals surface area contributed by atoms with Gasteiger partial charge in [0.1, 0.15) is 0 Å². The molecule has 2 heterocycles. The normalized spacial score (nSPS) is 19.5. The van der Waals surface area contributed by atoms with Gasteiger partial charge in [-0.05, 0) is 31.6 Å². The van der Waals surface area contributed by atoms with Crippen LogP contribution in [0.3, 0.4) is 0 Å². The number of halogens is 1. The lowest BCUT2D eigenvalue weighted by molar-refractivity contribution is 0.574. The second-order valence-electron chi connectivity index (χ2n) is 4.79. The minimum atomic E-state index is 0.768. The molecular formula is C13H21BrN4. The molecule has 18 heavy (non-hydrogen) atoms. The molecule has 0 aromatic carbocycles. The molecule has 1 aliphatic rings. The molecule has 0 spiro atoms. The van der Waals surface area contributed by atoms with Crippen molar-refractivity contribution in [1.82, 2.24) is 15.2 Å². The smallest absolute Gasteiger partial charge is 0.245 e. The summed E-state index contributed by atoms with van der Waals surface area (Å²) >= 11 is 3.52. The summed E-state index contributed by atoms with van der Waals surface area (Å²) in [5, 5.41) is 9.69. The van der Waals surface area contributed by atoms with Gasteiger partial charge in [0.2, 0.25) is 5.95 Å². The van der Waals surface area contributed by atoms with Gasteiger partial charge in [-0.25, -0.2) is 4.98 Å². The molecule has 5 heteroatoms. The Bertz CT molecular complexity index is 397. The van der Waals surface area contributed by atoms with E-state index in [0.717, 1.165) is 54.5 Å². The average Bonchev–Trinajstić information content (AvgIpc) is 2.87. The number of alkyl halides is 1. The zero-order valence-electron chi connectivity index (χ0n) is 11.2. The molecule has 0 amide bonds. The Morgan fingerprint density at radius 1 is 1.22 bits per heavy atom. The zero-order chi connectivity index (χ0) is 13.0. The molecule has 0 radical (unpaired) electrons. The van der Waals surface area contributed by atoms with Gasteiger partial charge in [-0.1, -0.05) is 29.8 Å². The molecule has 0 bridgehead atoms. The Morgan fingerprint density at radius 2 is 2.00 bits per heavy atom. The lowest BCUT2D eigenvalue weighted by Crippen LogP contribution is -2.23. The van der Waals surface area contributed by atoms with Gasteiger partial charge in [-0.3, -0.25) is 0 Å². The molecule has 1 atom stereocenters. The first-order chi connectivity index (χ1) is 8.78. The van der Waals surface area contributed by atoms with E-state index in [2.05, 4.69) is 49.9 Å². The Hall–Kier alpha value is -0.710. The first-order valence-corrected chi connectivity index (χ1v) is 7.94. The van der Waals surface area contributed by atoms with Gasteiger partial charge < -0.3 is 4.90 Å². The van der Waals surface area contributed by atoms with Gasteiger partial charge in [0.15, 0.2) is 0 Å². The van der Waals surface area contributed by atoms with Crippen molar-refractivity contribution in [2.45, 2.75) is 39.5 Å². The monoisotopic (exact) mass is 312 g/mol. The quantitative estimate of drug-likeness (QED) is 0.784. The predicted octanol–water partition coefficient (Wildman–Crippen LogP) is 2.61. The molecule has 1 aliphatic heterocycles. The second kappa shape index (κ2) is 6.45. The molecular weight excluding hydrogens is 292 g/mol.